The van der Waals surface area contributed by atoms with Crippen LogP contribution in [0.15, 0.2) is 0 Å². The van der Waals surface area contributed by atoms with Gasteiger partial charge in [-0.25, -0.2) is 0 Å². The average molecular weight is 619 g/mol. The van der Waals surface area contributed by atoms with Gasteiger partial charge in [0.15, 0.2) is 12.1 Å². The predicted molar refractivity (Wildman–Crippen MR) is 159 cm³/mol. The average Bonchev–Trinajstić information content (AvgIpc) is 3.78. The molecule has 248 valence electrons. The first-order chi connectivity index (χ1) is 20.4. The summed E-state index contributed by atoms with van der Waals surface area (Å²) < 4.78 is 17.6. The zero-order valence-electron chi connectivity index (χ0n) is 27.5. The molecule has 0 radical (unpaired) electrons. The van der Waals surface area contributed by atoms with Gasteiger partial charge in [0.2, 0.25) is 0 Å². The summed E-state index contributed by atoms with van der Waals surface area (Å²) in [5.41, 5.74) is -1.56. The fourth-order valence-corrected chi connectivity index (χ4v) is 12.8. The molecule has 0 bridgehead atoms. The largest absolute Gasteiger partial charge is 0.392 e. The number of carbonyl (C=O) groups is 2. The molecule has 7 rings (SSSR count). The van der Waals surface area contributed by atoms with Crippen LogP contribution in [0.3, 0.4) is 0 Å². The van der Waals surface area contributed by atoms with Gasteiger partial charge >= 0.3 is 0 Å². The monoisotopic (exact) mass is 618 g/mol. The highest BCUT2D eigenvalue weighted by Crippen LogP contribution is 2.88. The molecule has 7 fully saturated rings. The van der Waals surface area contributed by atoms with Gasteiger partial charge in [0, 0.05) is 24.2 Å². The van der Waals surface area contributed by atoms with E-state index in [9.17, 15) is 30.0 Å². The lowest BCUT2D eigenvalue weighted by molar-refractivity contribution is -0.304. The molecule has 0 unspecified atom stereocenters. The number of fused-ring (bicyclic) bond motifs is 2. The van der Waals surface area contributed by atoms with Crippen LogP contribution in [0.1, 0.15) is 99.8 Å². The first-order valence-electron chi connectivity index (χ1n) is 17.1. The van der Waals surface area contributed by atoms with E-state index in [2.05, 4.69) is 34.6 Å². The van der Waals surface area contributed by atoms with Crippen LogP contribution in [0.25, 0.3) is 0 Å². The van der Waals surface area contributed by atoms with E-state index in [1.807, 2.05) is 13.8 Å². The van der Waals surface area contributed by atoms with Crippen molar-refractivity contribution in [1.82, 2.24) is 0 Å². The summed E-state index contributed by atoms with van der Waals surface area (Å²) in [6.07, 6.45) is 0.109. The smallest absolute Gasteiger partial charge is 0.186 e. The van der Waals surface area contributed by atoms with Crippen molar-refractivity contribution in [2.75, 3.05) is 6.61 Å². The lowest BCUT2D eigenvalue weighted by atomic mass is 9.41. The number of aliphatic hydroxyl groups excluding tert-OH is 4. The number of aliphatic hydroxyl groups is 4. The Morgan fingerprint density at radius 3 is 2.30 bits per heavy atom. The van der Waals surface area contributed by atoms with E-state index in [-0.39, 0.29) is 75.2 Å². The molecule has 2 saturated heterocycles. The van der Waals surface area contributed by atoms with Gasteiger partial charge in [-0.1, -0.05) is 34.6 Å². The molecular weight excluding hydrogens is 564 g/mol. The Labute approximate surface area is 261 Å². The van der Waals surface area contributed by atoms with Crippen LogP contribution in [-0.4, -0.2) is 87.1 Å². The lowest BCUT2D eigenvalue weighted by Gasteiger charge is -2.64. The summed E-state index contributed by atoms with van der Waals surface area (Å²) in [6.45, 7) is 14.8. The van der Waals surface area contributed by atoms with Gasteiger partial charge < -0.3 is 34.6 Å². The van der Waals surface area contributed by atoms with Crippen molar-refractivity contribution in [1.29, 1.82) is 0 Å². The van der Waals surface area contributed by atoms with E-state index in [0.717, 1.165) is 32.1 Å². The molecule has 2 heterocycles. The van der Waals surface area contributed by atoms with Crippen LogP contribution in [0.5, 0.6) is 0 Å². The van der Waals surface area contributed by atoms with Gasteiger partial charge in [0.25, 0.3) is 0 Å². The second-order valence-corrected chi connectivity index (χ2v) is 17.7. The summed E-state index contributed by atoms with van der Waals surface area (Å²) in [5.74, 6) is 0.513. The van der Waals surface area contributed by atoms with Crippen LogP contribution < -0.4 is 0 Å². The Bertz CT molecular complexity index is 1230. The molecule has 9 heteroatoms. The fourth-order valence-electron chi connectivity index (χ4n) is 12.8. The number of epoxide rings is 1. The molecule has 0 aromatic carbocycles. The normalized spacial score (nSPS) is 55.7. The zero-order valence-corrected chi connectivity index (χ0v) is 27.5. The molecular formula is C35H54O9. The Morgan fingerprint density at radius 1 is 0.977 bits per heavy atom. The van der Waals surface area contributed by atoms with Crippen LogP contribution in [0, 0.1) is 50.7 Å². The highest BCUT2D eigenvalue weighted by Gasteiger charge is 2.85. The number of ether oxygens (including phenoxy) is 3. The molecule has 9 nitrogen and oxygen atoms in total. The summed E-state index contributed by atoms with van der Waals surface area (Å²) in [4.78, 5) is 27.0. The maximum atomic E-state index is 14.0. The highest BCUT2D eigenvalue weighted by molar-refractivity contribution is 5.89. The summed E-state index contributed by atoms with van der Waals surface area (Å²) in [6, 6.07) is 0. The van der Waals surface area contributed by atoms with Crippen LogP contribution in [0.4, 0.5) is 0 Å². The zero-order chi connectivity index (χ0) is 32.0. The standard InChI is InChI=1S/C35H54O9/c1-17(12-18(36)28-31(4,5)44-28)25-19(37)13-32(6)22-9-8-21-30(2,3)24(43-29-27(41)26(40)20(38)15-42-29)10-11-34(21)16-35(22,34)23(39)14-33(25,32)7/h17,20-29,38-41H,8-16H2,1-7H3/t17-,20-,21+,22+,23+,24+,25+,26+,27-,28+,29+,32+,33-,34-,35+/m1/s1. The number of ketones is 2. The second-order valence-electron chi connectivity index (χ2n) is 17.7. The lowest BCUT2D eigenvalue weighted by Crippen LogP contribution is -2.62. The molecule has 0 amide bonds. The Morgan fingerprint density at radius 2 is 1.64 bits per heavy atom. The SMILES string of the molecule is C[C@H](CC(=O)[C@@H]1OC1(C)C)[C@H]1C(=O)C[C@@]2(C)[C@@H]3CC[C@H]4C(C)(C)[C@@H](O[C@@H]5OC[C@@H](O)[C@H](O)[C@H]5O)CC[C@@]45C[C@@]35[C@@H](O)C[C@]12C. The van der Waals surface area contributed by atoms with Crippen molar-refractivity contribution in [3.8, 4) is 0 Å². The van der Waals surface area contributed by atoms with E-state index in [0.29, 0.717) is 25.2 Å². The van der Waals surface area contributed by atoms with Crippen LogP contribution >= 0.6 is 0 Å². The minimum atomic E-state index is -1.32. The van der Waals surface area contributed by atoms with Crippen LogP contribution in [-0.2, 0) is 23.8 Å². The molecule has 2 aliphatic heterocycles. The molecule has 4 N–H and O–H groups in total. The van der Waals surface area contributed by atoms with Crippen molar-refractivity contribution in [3.63, 3.8) is 0 Å². The Kier molecular flexibility index (Phi) is 6.89. The molecule has 7 aliphatic rings. The topological polar surface area (TPSA) is 146 Å². The first-order valence-corrected chi connectivity index (χ1v) is 17.1. The van der Waals surface area contributed by atoms with E-state index in [1.54, 1.807) is 0 Å². The third kappa shape index (κ3) is 3.90. The number of rotatable bonds is 6. The quantitative estimate of drug-likeness (QED) is 0.260. The van der Waals surface area contributed by atoms with Crippen LogP contribution in [0.2, 0.25) is 0 Å². The maximum Gasteiger partial charge on any atom is 0.186 e. The van der Waals surface area contributed by atoms with Gasteiger partial charge in [-0.15, -0.1) is 0 Å². The van der Waals surface area contributed by atoms with Crippen molar-refractivity contribution in [2.45, 2.75) is 148 Å². The predicted octanol–water partition coefficient (Wildman–Crippen LogP) is 3.17. The third-order valence-corrected chi connectivity index (χ3v) is 15.0. The highest BCUT2D eigenvalue weighted by atomic mass is 16.7. The van der Waals surface area contributed by atoms with E-state index in [4.69, 9.17) is 14.2 Å². The molecule has 5 aliphatic carbocycles. The number of carbonyl (C=O) groups excluding carboxylic acids is 2. The molecule has 2 spiro atoms. The number of Topliss-reactive ketones (excluding diaryl/α,β-unsaturated/α-hetero) is 2. The van der Waals surface area contributed by atoms with Gasteiger partial charge in [-0.3, -0.25) is 9.59 Å². The first kappa shape index (κ1) is 31.6. The molecule has 0 aromatic heterocycles. The Balaban J connectivity index is 1.12. The summed E-state index contributed by atoms with van der Waals surface area (Å²) in [7, 11) is 0. The summed E-state index contributed by atoms with van der Waals surface area (Å²) >= 11 is 0. The van der Waals surface area contributed by atoms with Crippen molar-refractivity contribution in [3.05, 3.63) is 0 Å². The summed E-state index contributed by atoms with van der Waals surface area (Å²) in [5, 5.41) is 42.9. The second kappa shape index (κ2) is 9.57. The number of hydrogen-bond acceptors (Lipinski definition) is 9. The maximum absolute atomic E-state index is 14.0. The minimum Gasteiger partial charge on any atom is -0.392 e. The van der Waals surface area contributed by atoms with Gasteiger partial charge in [-0.05, 0) is 91.8 Å². The van der Waals surface area contributed by atoms with Crippen molar-refractivity contribution >= 4 is 11.6 Å². The molecule has 0 aromatic rings. The molecule has 44 heavy (non-hydrogen) atoms. The van der Waals surface area contributed by atoms with Crippen molar-refractivity contribution < 1.29 is 44.2 Å². The Hall–Kier alpha value is -0.940. The molecule has 15 atom stereocenters. The van der Waals surface area contributed by atoms with Gasteiger partial charge in [-0.2, -0.15) is 0 Å². The van der Waals surface area contributed by atoms with E-state index < -0.39 is 36.3 Å². The van der Waals surface area contributed by atoms with Crippen molar-refractivity contribution in [2.24, 2.45) is 50.7 Å². The molecule has 5 saturated carbocycles. The fraction of sp³-hybridized carbons (Fsp3) is 0.943. The third-order valence-electron chi connectivity index (χ3n) is 15.0. The van der Waals surface area contributed by atoms with E-state index >= 15 is 0 Å². The van der Waals surface area contributed by atoms with E-state index in [1.165, 1.54) is 0 Å². The minimum absolute atomic E-state index is 0.0254. The van der Waals surface area contributed by atoms with Gasteiger partial charge in [0.1, 0.15) is 30.2 Å². The number of hydrogen-bond donors (Lipinski definition) is 4. The van der Waals surface area contributed by atoms with Gasteiger partial charge in [0.05, 0.1) is 24.4 Å².